The molecule has 0 radical (unpaired) electrons. The Kier molecular flexibility index (Phi) is 15.3. The lowest BCUT2D eigenvalue weighted by Crippen LogP contribution is -2.48. The molecule has 2 saturated heterocycles. The van der Waals surface area contributed by atoms with Gasteiger partial charge in [-0.2, -0.15) is 39.5 Å². The zero-order valence-corrected chi connectivity index (χ0v) is 23.9. The Morgan fingerprint density at radius 3 is 1.78 bits per heavy atom. The summed E-state index contributed by atoms with van der Waals surface area (Å²) in [6, 6.07) is 3.93. The minimum absolute atomic E-state index is 0.0105. The first-order valence-corrected chi connectivity index (χ1v) is 13.3. The van der Waals surface area contributed by atoms with E-state index in [-0.39, 0.29) is 17.9 Å². The SMILES string of the molecule is O=C(O)C(F)(F)F.O=C(O)C(F)(F)F.O=C(O)C(F)(F)F.O=C1[C@@H]2CCN(Cc3nccs3)C[C@@H]2OCCN1Cc1ccncc1. The standard InChI is InChI=1S/C18H22N4O2S.3C2HF3O2/c23-18-15-3-7-21(13-17-20-6-10-25-17)12-16(15)24-9-8-22(18)11-14-1-4-19-5-2-14;3*3-2(4,5)1(6)7/h1-2,4-6,10,15-16H,3,7-9,11-13H2;3*(H,6,7)/t15-,16+;;;/m1.../s1. The molecule has 0 bridgehead atoms. The summed E-state index contributed by atoms with van der Waals surface area (Å²) >= 11 is 1.68. The van der Waals surface area contributed by atoms with Crippen LogP contribution in [0.15, 0.2) is 36.1 Å². The highest BCUT2D eigenvalue weighted by molar-refractivity contribution is 7.09. The van der Waals surface area contributed by atoms with Crippen LogP contribution in [0.3, 0.4) is 0 Å². The Balaban J connectivity index is 0.000000413. The number of hydrogen-bond acceptors (Lipinski definition) is 9. The summed E-state index contributed by atoms with van der Waals surface area (Å²) in [7, 11) is 0. The molecule has 1 amide bonds. The molecule has 2 aliphatic rings. The number of carbonyl (C=O) groups is 4. The second-order valence-corrected chi connectivity index (χ2v) is 9.97. The second kappa shape index (κ2) is 17.6. The maximum absolute atomic E-state index is 13.0. The number of ether oxygens (including phenoxy) is 1. The number of pyridine rings is 1. The molecule has 3 N–H and O–H groups in total. The maximum Gasteiger partial charge on any atom is 0.490 e. The molecule has 0 saturated carbocycles. The van der Waals surface area contributed by atoms with Gasteiger partial charge in [-0.1, -0.05) is 0 Å². The number of carboxylic acid groups (broad SMARTS) is 3. The second-order valence-electron chi connectivity index (χ2n) is 8.99. The van der Waals surface area contributed by atoms with E-state index in [4.69, 9.17) is 34.4 Å². The van der Waals surface area contributed by atoms with Crippen molar-refractivity contribution in [2.75, 3.05) is 26.2 Å². The van der Waals surface area contributed by atoms with Crippen molar-refractivity contribution in [1.82, 2.24) is 19.8 Å². The van der Waals surface area contributed by atoms with Gasteiger partial charge in [0.25, 0.3) is 0 Å². The van der Waals surface area contributed by atoms with Crippen molar-refractivity contribution in [2.45, 2.75) is 44.1 Å². The number of likely N-dealkylation sites (tertiary alicyclic amines) is 1. The zero-order chi connectivity index (χ0) is 35.3. The van der Waals surface area contributed by atoms with E-state index in [0.717, 1.165) is 36.6 Å². The Morgan fingerprint density at radius 2 is 1.35 bits per heavy atom. The van der Waals surface area contributed by atoms with Crippen LogP contribution in [0.5, 0.6) is 0 Å². The van der Waals surface area contributed by atoms with Crippen LogP contribution in [-0.2, 0) is 37.0 Å². The number of rotatable bonds is 4. The lowest BCUT2D eigenvalue weighted by atomic mass is 9.92. The fourth-order valence-corrected chi connectivity index (χ4v) is 4.28. The third-order valence-electron chi connectivity index (χ3n) is 5.66. The van der Waals surface area contributed by atoms with Crippen molar-refractivity contribution in [3.05, 3.63) is 46.7 Å². The molecular weight excluding hydrogens is 675 g/mol. The smallest absolute Gasteiger partial charge is 0.475 e. The van der Waals surface area contributed by atoms with Gasteiger partial charge in [0.15, 0.2) is 0 Å². The number of aliphatic carboxylic acids is 3. The van der Waals surface area contributed by atoms with E-state index in [9.17, 15) is 44.3 Å². The lowest BCUT2D eigenvalue weighted by Gasteiger charge is -2.36. The van der Waals surface area contributed by atoms with E-state index in [1.807, 2.05) is 28.6 Å². The number of amides is 1. The van der Waals surface area contributed by atoms with Gasteiger partial charge in [0.05, 0.1) is 25.2 Å². The van der Waals surface area contributed by atoms with Crippen LogP contribution >= 0.6 is 11.3 Å². The Bertz CT molecular complexity index is 1210. The zero-order valence-electron chi connectivity index (χ0n) is 23.1. The third-order valence-corrected chi connectivity index (χ3v) is 6.42. The van der Waals surface area contributed by atoms with E-state index in [1.165, 1.54) is 0 Å². The van der Waals surface area contributed by atoms with Gasteiger partial charge in [-0.15, -0.1) is 11.3 Å². The van der Waals surface area contributed by atoms with Gasteiger partial charge in [0.1, 0.15) is 5.01 Å². The minimum Gasteiger partial charge on any atom is -0.475 e. The van der Waals surface area contributed by atoms with Crippen LogP contribution in [0.25, 0.3) is 0 Å². The van der Waals surface area contributed by atoms with Gasteiger partial charge < -0.3 is 25.0 Å². The van der Waals surface area contributed by atoms with E-state index < -0.39 is 36.4 Å². The summed E-state index contributed by atoms with van der Waals surface area (Å²) in [5.41, 5.74) is 1.11. The molecule has 0 spiro atoms. The Morgan fingerprint density at radius 1 is 0.848 bits per heavy atom. The number of alkyl halides is 9. The average Bonchev–Trinajstić information content (AvgIpc) is 3.40. The van der Waals surface area contributed by atoms with Crippen molar-refractivity contribution in [3.63, 3.8) is 0 Å². The van der Waals surface area contributed by atoms with Crippen LogP contribution in [0, 0.1) is 5.92 Å². The number of piperidine rings is 1. The van der Waals surface area contributed by atoms with Crippen molar-refractivity contribution in [2.24, 2.45) is 5.92 Å². The topological polar surface area (TPSA) is 170 Å². The summed E-state index contributed by atoms with van der Waals surface area (Å²) in [4.78, 5) is 52.4. The number of hydrogen-bond donors (Lipinski definition) is 3. The minimum atomic E-state index is -5.08. The summed E-state index contributed by atoms with van der Waals surface area (Å²) in [6.45, 7) is 4.46. The Labute approximate surface area is 257 Å². The number of aromatic nitrogens is 2. The average molecular weight is 701 g/mol. The number of nitrogens with zero attached hydrogens (tertiary/aromatic N) is 4. The molecule has 2 aromatic heterocycles. The molecule has 2 aromatic rings. The van der Waals surface area contributed by atoms with Crippen LogP contribution in [0.2, 0.25) is 0 Å². The predicted molar refractivity (Wildman–Crippen MR) is 136 cm³/mol. The van der Waals surface area contributed by atoms with E-state index >= 15 is 0 Å². The monoisotopic (exact) mass is 700 g/mol. The largest absolute Gasteiger partial charge is 0.490 e. The van der Waals surface area contributed by atoms with Crippen LogP contribution in [-0.4, -0.2) is 110 Å². The molecule has 0 unspecified atom stereocenters. The molecule has 2 fully saturated rings. The molecule has 4 rings (SSSR count). The number of carbonyl (C=O) groups excluding carboxylic acids is 1. The van der Waals surface area contributed by atoms with Gasteiger partial charge in [0, 0.05) is 43.6 Å². The normalized spacial score (nSPS) is 18.6. The number of fused-ring (bicyclic) bond motifs is 1. The Hall–Kier alpha value is -4.05. The van der Waals surface area contributed by atoms with Crippen LogP contribution in [0.4, 0.5) is 39.5 Å². The highest BCUT2D eigenvalue weighted by atomic mass is 32.1. The number of thiazole rings is 1. The van der Waals surface area contributed by atoms with Crippen LogP contribution < -0.4 is 0 Å². The molecule has 12 nitrogen and oxygen atoms in total. The first-order chi connectivity index (χ1) is 21.1. The number of halogens is 9. The first kappa shape index (κ1) is 40.0. The van der Waals surface area contributed by atoms with Gasteiger partial charge in [-0.05, 0) is 30.7 Å². The van der Waals surface area contributed by atoms with Crippen molar-refractivity contribution in [1.29, 1.82) is 0 Å². The third kappa shape index (κ3) is 14.8. The van der Waals surface area contributed by atoms with Crippen molar-refractivity contribution < 1.29 is 78.7 Å². The molecule has 2 atom stereocenters. The molecule has 46 heavy (non-hydrogen) atoms. The summed E-state index contributed by atoms with van der Waals surface area (Å²) in [5, 5.41) is 24.5. The molecule has 258 valence electrons. The molecule has 0 aromatic carbocycles. The molecule has 4 heterocycles. The number of carboxylic acids is 3. The fraction of sp³-hybridized carbons (Fsp3) is 0.500. The van der Waals surface area contributed by atoms with E-state index in [1.54, 1.807) is 23.7 Å². The van der Waals surface area contributed by atoms with Gasteiger partial charge in [-0.25, -0.2) is 19.4 Å². The quantitative estimate of drug-likeness (QED) is 0.398. The summed E-state index contributed by atoms with van der Waals surface area (Å²) < 4.78 is 101. The predicted octanol–water partition coefficient (Wildman–Crippen LogP) is 3.69. The lowest BCUT2D eigenvalue weighted by molar-refractivity contribution is -0.193. The summed E-state index contributed by atoms with van der Waals surface area (Å²) in [6.07, 6.45) is -9.03. The first-order valence-electron chi connectivity index (χ1n) is 12.4. The fourth-order valence-electron chi connectivity index (χ4n) is 3.62. The van der Waals surface area contributed by atoms with Crippen LogP contribution in [0.1, 0.15) is 17.0 Å². The summed E-state index contributed by atoms with van der Waals surface area (Å²) in [5.74, 6) is -8.07. The maximum atomic E-state index is 13.0. The van der Waals surface area contributed by atoms with E-state index in [0.29, 0.717) is 19.7 Å². The highest BCUT2D eigenvalue weighted by Gasteiger charge is 2.40. The van der Waals surface area contributed by atoms with E-state index in [2.05, 4.69) is 14.9 Å². The van der Waals surface area contributed by atoms with Gasteiger partial charge in [-0.3, -0.25) is 14.7 Å². The molecular formula is C24H25F9N4O8S. The van der Waals surface area contributed by atoms with Gasteiger partial charge >= 0.3 is 36.4 Å². The molecule has 0 aliphatic carbocycles. The van der Waals surface area contributed by atoms with Crippen molar-refractivity contribution in [3.8, 4) is 0 Å². The highest BCUT2D eigenvalue weighted by Crippen LogP contribution is 2.27. The molecule has 2 aliphatic heterocycles. The molecule has 22 heteroatoms. The van der Waals surface area contributed by atoms with Crippen molar-refractivity contribution >= 4 is 35.2 Å². The van der Waals surface area contributed by atoms with Gasteiger partial charge in [0.2, 0.25) is 5.91 Å².